The van der Waals surface area contributed by atoms with Crippen LogP contribution in [0.4, 0.5) is 0 Å². The highest BCUT2D eigenvalue weighted by Gasteiger charge is 2.30. The number of hydrogen-bond acceptors (Lipinski definition) is 2. The summed E-state index contributed by atoms with van der Waals surface area (Å²) in [6, 6.07) is 5.94. The maximum atomic E-state index is 6.41. The van der Waals surface area contributed by atoms with Gasteiger partial charge in [0.05, 0.1) is 0 Å². The number of halogens is 2. The van der Waals surface area contributed by atoms with E-state index in [2.05, 4.69) is 0 Å². The first-order valence-electron chi connectivity index (χ1n) is 5.96. The molecule has 0 bridgehead atoms. The lowest BCUT2D eigenvalue weighted by Crippen LogP contribution is -2.47. The van der Waals surface area contributed by atoms with E-state index in [0.29, 0.717) is 16.1 Å². The molecule has 4 N–H and O–H groups in total. The van der Waals surface area contributed by atoms with Gasteiger partial charge >= 0.3 is 0 Å². The summed E-state index contributed by atoms with van der Waals surface area (Å²) >= 11 is 12.0. The van der Waals surface area contributed by atoms with Gasteiger partial charge in [0.1, 0.15) is 0 Å². The molecule has 2 rings (SSSR count). The molecule has 1 aromatic rings. The fraction of sp³-hybridized carbons (Fsp3) is 0.538. The third-order valence-corrected chi connectivity index (χ3v) is 3.94. The minimum Gasteiger partial charge on any atom is -0.328 e. The lowest BCUT2D eigenvalue weighted by Gasteiger charge is -2.36. The second-order valence-corrected chi connectivity index (χ2v) is 6.03. The predicted molar refractivity (Wildman–Crippen MR) is 73.5 cm³/mol. The van der Waals surface area contributed by atoms with Gasteiger partial charge in [-0.15, -0.1) is 0 Å². The van der Waals surface area contributed by atoms with Crippen LogP contribution < -0.4 is 11.5 Å². The smallest absolute Gasteiger partial charge is 0.0423 e. The molecular formula is C13H18Cl2N2. The Balaban J connectivity index is 2.09. The summed E-state index contributed by atoms with van der Waals surface area (Å²) in [5.41, 5.74) is 13.3. The summed E-state index contributed by atoms with van der Waals surface area (Å²) in [5.74, 6) is 0. The van der Waals surface area contributed by atoms with Crippen LogP contribution in [-0.4, -0.2) is 11.6 Å². The largest absolute Gasteiger partial charge is 0.328 e. The van der Waals surface area contributed by atoms with Crippen molar-refractivity contribution in [1.82, 2.24) is 0 Å². The van der Waals surface area contributed by atoms with Crippen molar-refractivity contribution >= 4 is 23.2 Å². The van der Waals surface area contributed by atoms with Gasteiger partial charge in [-0.05, 0) is 55.9 Å². The Morgan fingerprint density at radius 3 is 2.18 bits per heavy atom. The average Bonchev–Trinajstić information content (AvgIpc) is 2.21. The second-order valence-electron chi connectivity index (χ2n) is 5.15. The van der Waals surface area contributed by atoms with Crippen molar-refractivity contribution in [2.24, 2.45) is 11.5 Å². The highest BCUT2D eigenvalue weighted by atomic mass is 35.5. The van der Waals surface area contributed by atoms with Gasteiger partial charge in [-0.2, -0.15) is 0 Å². The molecule has 1 aromatic carbocycles. The average molecular weight is 273 g/mol. The number of rotatable bonds is 2. The minimum absolute atomic E-state index is 0.149. The molecule has 0 aliphatic heterocycles. The summed E-state index contributed by atoms with van der Waals surface area (Å²) in [6.45, 7) is 0. The van der Waals surface area contributed by atoms with Crippen LogP contribution in [0.5, 0.6) is 0 Å². The van der Waals surface area contributed by atoms with E-state index in [9.17, 15) is 0 Å². The molecule has 4 heteroatoms. The van der Waals surface area contributed by atoms with Crippen LogP contribution in [0.1, 0.15) is 31.2 Å². The summed E-state index contributed by atoms with van der Waals surface area (Å²) in [7, 11) is 0. The minimum atomic E-state index is -0.149. The van der Waals surface area contributed by atoms with E-state index in [4.69, 9.17) is 34.7 Å². The molecule has 0 aromatic heterocycles. The molecule has 0 spiro atoms. The first-order valence-corrected chi connectivity index (χ1v) is 6.72. The van der Waals surface area contributed by atoms with Crippen molar-refractivity contribution in [3.05, 3.63) is 33.8 Å². The van der Waals surface area contributed by atoms with Crippen molar-refractivity contribution in [3.63, 3.8) is 0 Å². The highest BCUT2D eigenvalue weighted by molar-refractivity contribution is 6.34. The Labute approximate surface area is 112 Å². The fourth-order valence-corrected chi connectivity index (χ4v) is 3.08. The SMILES string of the molecule is NC1CCC(N)(Cc2cc(Cl)cc(Cl)c2)CC1. The quantitative estimate of drug-likeness (QED) is 0.869. The highest BCUT2D eigenvalue weighted by Crippen LogP contribution is 2.30. The first-order chi connectivity index (χ1) is 7.97. The topological polar surface area (TPSA) is 52.0 Å². The molecule has 1 fully saturated rings. The van der Waals surface area contributed by atoms with Gasteiger partial charge in [-0.1, -0.05) is 23.2 Å². The summed E-state index contributed by atoms with van der Waals surface area (Å²) < 4.78 is 0. The molecule has 0 amide bonds. The molecule has 1 saturated carbocycles. The lowest BCUT2D eigenvalue weighted by atomic mass is 9.77. The summed E-state index contributed by atoms with van der Waals surface area (Å²) in [6.07, 6.45) is 4.77. The fourth-order valence-electron chi connectivity index (χ4n) is 2.51. The van der Waals surface area contributed by atoms with Crippen molar-refractivity contribution in [2.75, 3.05) is 0 Å². The van der Waals surface area contributed by atoms with Crippen LogP contribution in [0.2, 0.25) is 10.0 Å². The molecular weight excluding hydrogens is 255 g/mol. The van der Waals surface area contributed by atoms with Crippen LogP contribution in [0, 0.1) is 0 Å². The Kier molecular flexibility index (Phi) is 3.99. The van der Waals surface area contributed by atoms with Gasteiger partial charge in [0.15, 0.2) is 0 Å². The standard InChI is InChI=1S/C13H18Cl2N2/c14-10-5-9(6-11(15)7-10)8-13(17)3-1-12(16)2-4-13/h5-7,12H,1-4,8,16-17H2. The lowest BCUT2D eigenvalue weighted by molar-refractivity contribution is 0.271. The monoisotopic (exact) mass is 272 g/mol. The molecule has 0 saturated heterocycles. The van der Waals surface area contributed by atoms with E-state index in [1.165, 1.54) is 0 Å². The van der Waals surface area contributed by atoms with E-state index in [1.807, 2.05) is 12.1 Å². The van der Waals surface area contributed by atoms with Crippen LogP contribution in [-0.2, 0) is 6.42 Å². The zero-order valence-corrected chi connectivity index (χ0v) is 11.3. The number of benzene rings is 1. The second kappa shape index (κ2) is 5.15. The first kappa shape index (κ1) is 13.2. The third-order valence-electron chi connectivity index (χ3n) is 3.50. The van der Waals surface area contributed by atoms with E-state index < -0.39 is 0 Å². The van der Waals surface area contributed by atoms with Gasteiger partial charge < -0.3 is 11.5 Å². The molecule has 1 aliphatic rings. The molecule has 0 heterocycles. The molecule has 94 valence electrons. The molecule has 0 unspecified atom stereocenters. The summed E-state index contributed by atoms with van der Waals surface area (Å²) in [4.78, 5) is 0. The maximum absolute atomic E-state index is 6.41. The molecule has 1 aliphatic carbocycles. The van der Waals surface area contributed by atoms with Gasteiger partial charge in [0, 0.05) is 21.6 Å². The summed E-state index contributed by atoms with van der Waals surface area (Å²) in [5, 5.41) is 1.34. The maximum Gasteiger partial charge on any atom is 0.0423 e. The van der Waals surface area contributed by atoms with Gasteiger partial charge in [-0.3, -0.25) is 0 Å². The molecule has 17 heavy (non-hydrogen) atoms. The van der Waals surface area contributed by atoms with Gasteiger partial charge in [0.2, 0.25) is 0 Å². The third kappa shape index (κ3) is 3.59. The van der Waals surface area contributed by atoms with Crippen molar-refractivity contribution < 1.29 is 0 Å². The van der Waals surface area contributed by atoms with Crippen molar-refractivity contribution in [2.45, 2.75) is 43.7 Å². The molecule has 0 radical (unpaired) electrons. The zero-order valence-electron chi connectivity index (χ0n) is 9.76. The van der Waals surface area contributed by atoms with E-state index in [0.717, 1.165) is 37.7 Å². The van der Waals surface area contributed by atoms with Crippen LogP contribution >= 0.6 is 23.2 Å². The zero-order chi connectivity index (χ0) is 12.5. The van der Waals surface area contributed by atoms with Gasteiger partial charge in [0.25, 0.3) is 0 Å². The normalized spacial score (nSPS) is 29.3. The Bertz CT molecular complexity index is 378. The van der Waals surface area contributed by atoms with Crippen LogP contribution in [0.25, 0.3) is 0 Å². The van der Waals surface area contributed by atoms with Crippen molar-refractivity contribution in [1.29, 1.82) is 0 Å². The Morgan fingerprint density at radius 2 is 1.65 bits per heavy atom. The van der Waals surface area contributed by atoms with E-state index in [-0.39, 0.29) is 5.54 Å². The van der Waals surface area contributed by atoms with E-state index in [1.54, 1.807) is 6.07 Å². The Morgan fingerprint density at radius 1 is 1.12 bits per heavy atom. The number of hydrogen-bond donors (Lipinski definition) is 2. The van der Waals surface area contributed by atoms with Crippen LogP contribution in [0.3, 0.4) is 0 Å². The molecule has 0 atom stereocenters. The van der Waals surface area contributed by atoms with Crippen molar-refractivity contribution in [3.8, 4) is 0 Å². The predicted octanol–water partition coefficient (Wildman–Crippen LogP) is 3.13. The van der Waals surface area contributed by atoms with E-state index >= 15 is 0 Å². The van der Waals surface area contributed by atoms with Gasteiger partial charge in [-0.25, -0.2) is 0 Å². The van der Waals surface area contributed by atoms with Crippen LogP contribution in [0.15, 0.2) is 18.2 Å². The Hall–Kier alpha value is -0.280. The molecule has 2 nitrogen and oxygen atoms in total. The number of nitrogens with two attached hydrogens (primary N) is 2.